The zero-order chi connectivity index (χ0) is 20.6. The van der Waals surface area contributed by atoms with Crippen LogP contribution in [-0.2, 0) is 19.6 Å². The molecule has 0 bridgehead atoms. The van der Waals surface area contributed by atoms with Crippen molar-refractivity contribution >= 4 is 11.6 Å². The monoisotopic (exact) mass is 413 g/mol. The Morgan fingerprint density at radius 2 is 1.72 bits per heavy atom. The summed E-state index contributed by atoms with van der Waals surface area (Å²) in [5.74, 6) is 0.957. The van der Waals surface area contributed by atoms with Gasteiger partial charge in [-0.3, -0.25) is 0 Å². The van der Waals surface area contributed by atoms with E-state index in [1.54, 1.807) is 19.2 Å². The summed E-state index contributed by atoms with van der Waals surface area (Å²) in [5.41, 5.74) is 3.95. The average Bonchev–Trinajstić information content (AvgIpc) is 2.72. The smallest absolute Gasteiger partial charge is 0.180 e. The van der Waals surface area contributed by atoms with E-state index in [1.807, 2.05) is 49.4 Å². The average molecular weight is 414 g/mol. The topological polar surface area (TPSA) is 30.5 Å². The van der Waals surface area contributed by atoms with Crippen LogP contribution in [0.4, 0.5) is 4.39 Å². The lowest BCUT2D eigenvalue weighted by atomic mass is 10.1. The molecule has 0 atom stereocenters. The molecule has 0 saturated carbocycles. The van der Waals surface area contributed by atoms with Gasteiger partial charge < -0.3 is 14.8 Å². The number of ether oxygens (including phenoxy) is 2. The minimum atomic E-state index is -0.172. The predicted molar refractivity (Wildman–Crippen MR) is 115 cm³/mol. The Morgan fingerprint density at radius 3 is 2.45 bits per heavy atom. The highest BCUT2D eigenvalue weighted by Gasteiger charge is 2.13. The van der Waals surface area contributed by atoms with E-state index < -0.39 is 0 Å². The van der Waals surface area contributed by atoms with Crippen LogP contribution in [0, 0.1) is 12.7 Å². The molecule has 0 aliphatic heterocycles. The first-order chi connectivity index (χ1) is 14.1. The Bertz CT molecular complexity index is 961. The van der Waals surface area contributed by atoms with Gasteiger partial charge in [0.2, 0.25) is 0 Å². The molecule has 5 heteroatoms. The van der Waals surface area contributed by atoms with E-state index in [1.165, 1.54) is 11.6 Å². The number of nitrogens with one attached hydrogen (secondary N) is 1. The number of hydrogen-bond donors (Lipinski definition) is 1. The minimum Gasteiger partial charge on any atom is -0.493 e. The fourth-order valence-electron chi connectivity index (χ4n) is 3.09. The van der Waals surface area contributed by atoms with Crippen LogP contribution >= 0.6 is 11.6 Å². The number of hydrogen-bond acceptors (Lipinski definition) is 3. The summed E-state index contributed by atoms with van der Waals surface area (Å²) in [5, 5.41) is 3.82. The van der Waals surface area contributed by atoms with Gasteiger partial charge in [0.1, 0.15) is 12.4 Å². The standard InChI is InChI=1S/C24H25ClFNO2/c1-17-7-3-4-9-20(17)16-29-24-21(25)13-18(14-23(24)28-2)15-27-12-11-19-8-5-6-10-22(19)26/h3-10,13-14,27H,11-12,15-16H2,1-2H3. The van der Waals surface area contributed by atoms with Gasteiger partial charge in [-0.25, -0.2) is 4.39 Å². The summed E-state index contributed by atoms with van der Waals surface area (Å²) < 4.78 is 25.1. The van der Waals surface area contributed by atoms with Gasteiger partial charge >= 0.3 is 0 Å². The van der Waals surface area contributed by atoms with Crippen molar-refractivity contribution in [2.24, 2.45) is 0 Å². The highest BCUT2D eigenvalue weighted by molar-refractivity contribution is 6.32. The van der Waals surface area contributed by atoms with Crippen LogP contribution in [-0.4, -0.2) is 13.7 Å². The quantitative estimate of drug-likeness (QED) is 0.456. The Kier molecular flexibility index (Phi) is 7.50. The molecule has 0 unspecified atom stereocenters. The van der Waals surface area contributed by atoms with E-state index in [0.717, 1.165) is 11.1 Å². The van der Waals surface area contributed by atoms with Crippen molar-refractivity contribution in [1.29, 1.82) is 0 Å². The van der Waals surface area contributed by atoms with Crippen molar-refractivity contribution in [3.63, 3.8) is 0 Å². The summed E-state index contributed by atoms with van der Waals surface area (Å²) in [6, 6.07) is 18.7. The van der Waals surface area contributed by atoms with Crippen molar-refractivity contribution in [2.75, 3.05) is 13.7 Å². The molecule has 0 saturated heterocycles. The summed E-state index contributed by atoms with van der Waals surface area (Å²) in [4.78, 5) is 0. The molecule has 0 heterocycles. The first-order valence-corrected chi connectivity index (χ1v) is 9.94. The summed E-state index contributed by atoms with van der Waals surface area (Å²) in [7, 11) is 1.60. The molecule has 3 nitrogen and oxygen atoms in total. The molecule has 0 radical (unpaired) electrons. The zero-order valence-electron chi connectivity index (χ0n) is 16.7. The first-order valence-electron chi connectivity index (χ1n) is 9.56. The fraction of sp³-hybridized carbons (Fsp3) is 0.250. The second-order valence-corrected chi connectivity index (χ2v) is 7.25. The molecule has 3 aromatic rings. The van der Waals surface area contributed by atoms with Crippen molar-refractivity contribution < 1.29 is 13.9 Å². The Hall–Kier alpha value is -2.56. The van der Waals surface area contributed by atoms with Gasteiger partial charge in [0.05, 0.1) is 12.1 Å². The zero-order valence-corrected chi connectivity index (χ0v) is 17.4. The molecule has 0 spiro atoms. The van der Waals surface area contributed by atoms with Crippen molar-refractivity contribution in [1.82, 2.24) is 5.32 Å². The molecule has 152 valence electrons. The van der Waals surface area contributed by atoms with Gasteiger partial charge in [-0.1, -0.05) is 54.1 Å². The maximum Gasteiger partial charge on any atom is 0.180 e. The SMILES string of the molecule is COc1cc(CNCCc2ccccc2F)cc(Cl)c1OCc1ccccc1C. The molecule has 3 aromatic carbocycles. The van der Waals surface area contributed by atoms with Crippen molar-refractivity contribution in [3.05, 3.63) is 93.8 Å². The van der Waals surface area contributed by atoms with Crippen LogP contribution in [0.3, 0.4) is 0 Å². The molecular formula is C24H25ClFNO2. The van der Waals surface area contributed by atoms with Crippen LogP contribution in [0.5, 0.6) is 11.5 Å². The van der Waals surface area contributed by atoms with Gasteiger partial charge in [0, 0.05) is 6.54 Å². The third-order valence-electron chi connectivity index (χ3n) is 4.78. The normalized spacial score (nSPS) is 10.8. The lowest BCUT2D eigenvalue weighted by Crippen LogP contribution is -2.17. The van der Waals surface area contributed by atoms with Crippen LogP contribution in [0.1, 0.15) is 22.3 Å². The van der Waals surface area contributed by atoms with E-state index >= 15 is 0 Å². The Morgan fingerprint density at radius 1 is 1.00 bits per heavy atom. The van der Waals surface area contributed by atoms with Crippen molar-refractivity contribution in [2.45, 2.75) is 26.5 Å². The number of aryl methyl sites for hydroxylation is 1. The maximum absolute atomic E-state index is 13.7. The number of methoxy groups -OCH3 is 1. The molecule has 0 aliphatic rings. The van der Waals surface area contributed by atoms with Gasteiger partial charge in [-0.05, 0) is 60.3 Å². The molecule has 0 fully saturated rings. The Balaban J connectivity index is 1.60. The summed E-state index contributed by atoms with van der Waals surface area (Å²) >= 11 is 6.47. The molecule has 3 rings (SSSR count). The fourth-order valence-corrected chi connectivity index (χ4v) is 3.38. The lowest BCUT2D eigenvalue weighted by molar-refractivity contribution is 0.284. The molecule has 0 amide bonds. The third-order valence-corrected chi connectivity index (χ3v) is 5.06. The predicted octanol–water partition coefficient (Wildman–Crippen LogP) is 5.71. The second kappa shape index (κ2) is 10.3. The lowest BCUT2D eigenvalue weighted by Gasteiger charge is -2.15. The molecule has 0 aliphatic carbocycles. The van der Waals surface area contributed by atoms with Crippen LogP contribution < -0.4 is 14.8 Å². The maximum atomic E-state index is 13.7. The second-order valence-electron chi connectivity index (χ2n) is 6.84. The van der Waals surface area contributed by atoms with Gasteiger partial charge in [0.15, 0.2) is 11.5 Å². The van der Waals surface area contributed by atoms with E-state index in [0.29, 0.717) is 48.2 Å². The van der Waals surface area contributed by atoms with E-state index in [2.05, 4.69) is 5.32 Å². The van der Waals surface area contributed by atoms with Crippen molar-refractivity contribution in [3.8, 4) is 11.5 Å². The summed E-state index contributed by atoms with van der Waals surface area (Å²) in [6.07, 6.45) is 0.620. The van der Waals surface area contributed by atoms with E-state index in [9.17, 15) is 4.39 Å². The van der Waals surface area contributed by atoms with Gasteiger partial charge in [-0.15, -0.1) is 0 Å². The van der Waals surface area contributed by atoms with Crippen LogP contribution in [0.25, 0.3) is 0 Å². The number of rotatable bonds is 9. The first kappa shape index (κ1) is 21.2. The van der Waals surface area contributed by atoms with E-state index in [4.69, 9.17) is 21.1 Å². The molecule has 1 N–H and O–H groups in total. The largest absolute Gasteiger partial charge is 0.493 e. The van der Waals surface area contributed by atoms with Gasteiger partial charge in [-0.2, -0.15) is 0 Å². The van der Waals surface area contributed by atoms with Crippen LogP contribution in [0.15, 0.2) is 60.7 Å². The Labute approximate surface area is 176 Å². The number of halogens is 2. The van der Waals surface area contributed by atoms with Gasteiger partial charge in [0.25, 0.3) is 0 Å². The molecule has 29 heavy (non-hydrogen) atoms. The summed E-state index contributed by atoms with van der Waals surface area (Å²) in [6.45, 7) is 3.73. The third kappa shape index (κ3) is 5.72. The van der Waals surface area contributed by atoms with Crippen LogP contribution in [0.2, 0.25) is 5.02 Å². The number of benzene rings is 3. The highest BCUT2D eigenvalue weighted by Crippen LogP contribution is 2.37. The highest BCUT2D eigenvalue weighted by atomic mass is 35.5. The minimum absolute atomic E-state index is 0.172. The molecule has 0 aromatic heterocycles. The molecular weight excluding hydrogens is 389 g/mol. The van der Waals surface area contributed by atoms with E-state index in [-0.39, 0.29) is 5.82 Å².